The zero-order valence-electron chi connectivity index (χ0n) is 29.8. The first-order chi connectivity index (χ1) is 18.4. The minimum absolute atomic E-state index is 0.431. The van der Waals surface area contributed by atoms with Gasteiger partial charge in [0, 0.05) is 11.8 Å². The quantitative estimate of drug-likeness (QED) is 0.0946. The highest BCUT2D eigenvalue weighted by molar-refractivity contribution is 5.23. The van der Waals surface area contributed by atoms with Gasteiger partial charge >= 0.3 is 0 Å². The largest absolute Gasteiger partial charge is 0.328 e. The van der Waals surface area contributed by atoms with Crippen LogP contribution in [0.25, 0.3) is 0 Å². The highest BCUT2D eigenvalue weighted by atomic mass is 15.3. The molecule has 234 valence electrons. The topological polar surface area (TPSA) is 0 Å². The van der Waals surface area contributed by atoms with Crippen molar-refractivity contribution < 1.29 is 8.97 Å². The fourth-order valence-electron chi connectivity index (χ4n) is 8.72. The molecule has 0 radical (unpaired) electrons. The number of hydrogen-bond acceptors (Lipinski definition) is 0. The van der Waals surface area contributed by atoms with E-state index in [9.17, 15) is 0 Å². The van der Waals surface area contributed by atoms with Gasteiger partial charge in [-0.1, -0.05) is 63.8 Å². The van der Waals surface area contributed by atoms with Crippen molar-refractivity contribution in [1.29, 1.82) is 0 Å². The van der Waals surface area contributed by atoms with Crippen LogP contribution in [0.15, 0.2) is 22.3 Å². The normalized spacial score (nSPS) is 21.6. The molecule has 0 aromatic rings. The Labute approximate surface area is 253 Å². The van der Waals surface area contributed by atoms with Crippen LogP contribution < -0.4 is 0 Å². The molecule has 2 unspecified atom stereocenters. The van der Waals surface area contributed by atoms with Crippen LogP contribution in [-0.2, 0) is 0 Å². The predicted octanol–water partition coefficient (Wildman–Crippen LogP) is 10.6. The lowest BCUT2D eigenvalue weighted by atomic mass is 9.71. The molecule has 2 aliphatic carbocycles. The number of quaternary nitrogens is 2. The molecule has 0 aliphatic heterocycles. The third kappa shape index (κ3) is 11.9. The predicted molar refractivity (Wildman–Crippen MR) is 180 cm³/mol. The third-order valence-electron chi connectivity index (χ3n) is 11.0. The smallest absolute Gasteiger partial charge is 0.0808 e. The Balaban J connectivity index is 1.63. The van der Waals surface area contributed by atoms with Gasteiger partial charge in [0.25, 0.3) is 0 Å². The fourth-order valence-corrected chi connectivity index (χ4v) is 8.72. The lowest BCUT2D eigenvalue weighted by Gasteiger charge is -2.36. The second-order valence-corrected chi connectivity index (χ2v) is 17.4. The van der Waals surface area contributed by atoms with E-state index in [0.717, 1.165) is 11.8 Å². The Bertz CT molecular complexity index is 768. The van der Waals surface area contributed by atoms with E-state index in [4.69, 9.17) is 0 Å². The molecule has 40 heavy (non-hydrogen) atoms. The monoisotopic (exact) mass is 559 g/mol. The van der Waals surface area contributed by atoms with Crippen LogP contribution >= 0.6 is 0 Å². The molecule has 2 atom stereocenters. The van der Waals surface area contributed by atoms with Crippen molar-refractivity contribution in [2.45, 2.75) is 145 Å². The van der Waals surface area contributed by atoms with Gasteiger partial charge in [0.15, 0.2) is 0 Å². The Hall–Kier alpha value is -0.600. The average molecular weight is 559 g/mol. The van der Waals surface area contributed by atoms with Crippen LogP contribution in [0.2, 0.25) is 0 Å². The Morgan fingerprint density at radius 3 is 1.27 bits per heavy atom. The van der Waals surface area contributed by atoms with E-state index >= 15 is 0 Å². The van der Waals surface area contributed by atoms with Gasteiger partial charge < -0.3 is 8.97 Å². The second-order valence-electron chi connectivity index (χ2n) is 17.4. The van der Waals surface area contributed by atoms with Gasteiger partial charge in [-0.05, 0) is 115 Å². The fraction of sp³-hybridized carbons (Fsp3) is 0.895. The standard InChI is InChI=1S/C38H74N2/c1-31(21-23-35-33(3)19-17-25-37(35,5)6)29-39(9,10)27-15-13-14-16-28-40(11,12)30-32(2)22-24-36-34(4)20-18-26-38(36,7)8/h31-32H,13-30H2,1-12H3/q+2. The molecule has 0 aromatic carbocycles. The summed E-state index contributed by atoms with van der Waals surface area (Å²) in [5.74, 6) is 1.61. The summed E-state index contributed by atoms with van der Waals surface area (Å²) in [5.41, 5.74) is 7.83. The molecule has 0 fully saturated rings. The van der Waals surface area contributed by atoms with Crippen molar-refractivity contribution in [2.75, 3.05) is 54.4 Å². The average Bonchev–Trinajstić information content (AvgIpc) is 2.79. The zero-order chi connectivity index (χ0) is 30.2. The van der Waals surface area contributed by atoms with Crippen molar-refractivity contribution in [1.82, 2.24) is 0 Å². The summed E-state index contributed by atoms with van der Waals surface area (Å²) in [4.78, 5) is 0. The van der Waals surface area contributed by atoms with Gasteiger partial charge in [-0.15, -0.1) is 0 Å². The molecule has 2 heteroatoms. The molecule has 0 saturated heterocycles. The van der Waals surface area contributed by atoms with Gasteiger partial charge in [-0.25, -0.2) is 0 Å². The maximum absolute atomic E-state index is 2.50. The van der Waals surface area contributed by atoms with E-state index in [1.54, 1.807) is 22.3 Å². The zero-order valence-corrected chi connectivity index (χ0v) is 29.8. The van der Waals surface area contributed by atoms with Gasteiger partial charge in [0.1, 0.15) is 0 Å². The molecule has 0 heterocycles. The van der Waals surface area contributed by atoms with Gasteiger partial charge in [-0.3, -0.25) is 0 Å². The Morgan fingerprint density at radius 2 is 0.950 bits per heavy atom. The summed E-state index contributed by atoms with van der Waals surface area (Å²) in [6.07, 6.45) is 19.1. The lowest BCUT2D eigenvalue weighted by Crippen LogP contribution is -2.44. The summed E-state index contributed by atoms with van der Waals surface area (Å²) in [5, 5.41) is 0. The molecule has 2 rings (SSSR count). The molecule has 0 saturated carbocycles. The summed E-state index contributed by atoms with van der Waals surface area (Å²) < 4.78 is 2.38. The van der Waals surface area contributed by atoms with Crippen LogP contribution in [0.5, 0.6) is 0 Å². The minimum atomic E-state index is 0.431. The van der Waals surface area contributed by atoms with Crippen molar-refractivity contribution in [3.8, 4) is 0 Å². The summed E-state index contributed by atoms with van der Waals surface area (Å²) in [7, 11) is 9.88. The van der Waals surface area contributed by atoms with Crippen LogP contribution in [-0.4, -0.2) is 63.3 Å². The van der Waals surface area contributed by atoms with E-state index in [2.05, 4.69) is 83.6 Å². The molecule has 2 nitrogen and oxygen atoms in total. The van der Waals surface area contributed by atoms with Crippen molar-refractivity contribution in [2.24, 2.45) is 22.7 Å². The van der Waals surface area contributed by atoms with Crippen LogP contribution in [0.4, 0.5) is 0 Å². The SMILES string of the molecule is CC1=C(CCC(C)C[N+](C)(C)CCCCCC[N+](C)(C)CC(C)CCC2=C(C)CCCC2(C)C)C(C)(C)CCC1. The lowest BCUT2D eigenvalue weighted by molar-refractivity contribution is -0.894. The molecule has 0 spiro atoms. The maximum atomic E-state index is 2.50. The van der Waals surface area contributed by atoms with Crippen LogP contribution in [0, 0.1) is 22.7 Å². The van der Waals surface area contributed by atoms with E-state index in [0.29, 0.717) is 10.8 Å². The van der Waals surface area contributed by atoms with Gasteiger partial charge in [0.2, 0.25) is 0 Å². The molecule has 0 aromatic heterocycles. The number of hydrogen-bond donors (Lipinski definition) is 0. The van der Waals surface area contributed by atoms with E-state index in [-0.39, 0.29) is 0 Å². The van der Waals surface area contributed by atoms with E-state index in [1.165, 1.54) is 125 Å². The molecule has 0 bridgehead atoms. The van der Waals surface area contributed by atoms with E-state index < -0.39 is 0 Å². The van der Waals surface area contributed by atoms with Crippen LogP contribution in [0.1, 0.15) is 145 Å². The molecule has 0 amide bonds. The Morgan fingerprint density at radius 1 is 0.600 bits per heavy atom. The highest BCUT2D eigenvalue weighted by Crippen LogP contribution is 2.43. The molecular weight excluding hydrogens is 484 g/mol. The second kappa shape index (κ2) is 15.2. The molecule has 2 aliphatic rings. The first-order valence-electron chi connectivity index (χ1n) is 17.5. The maximum Gasteiger partial charge on any atom is 0.0808 e. The van der Waals surface area contributed by atoms with Gasteiger partial charge in [0.05, 0.1) is 54.4 Å². The molecular formula is C38H74N2+2. The number of nitrogens with zero attached hydrogens (tertiary/aromatic N) is 2. The first kappa shape index (κ1) is 35.6. The van der Waals surface area contributed by atoms with Gasteiger partial charge in [-0.2, -0.15) is 0 Å². The van der Waals surface area contributed by atoms with Crippen molar-refractivity contribution in [3.05, 3.63) is 22.3 Å². The number of unbranched alkanes of at least 4 members (excludes halogenated alkanes) is 3. The number of allylic oxidation sites excluding steroid dienone is 4. The summed E-state index contributed by atoms with van der Waals surface area (Å²) in [6, 6.07) is 0. The van der Waals surface area contributed by atoms with Crippen molar-refractivity contribution >= 4 is 0 Å². The highest BCUT2D eigenvalue weighted by Gasteiger charge is 2.30. The van der Waals surface area contributed by atoms with Crippen molar-refractivity contribution in [3.63, 3.8) is 0 Å². The number of rotatable bonds is 17. The Kier molecular flexibility index (Phi) is 13.5. The van der Waals surface area contributed by atoms with Crippen LogP contribution in [0.3, 0.4) is 0 Å². The summed E-state index contributed by atoms with van der Waals surface area (Å²) >= 11 is 0. The van der Waals surface area contributed by atoms with E-state index in [1.807, 2.05) is 0 Å². The third-order valence-corrected chi connectivity index (χ3v) is 11.0. The summed E-state index contributed by atoms with van der Waals surface area (Å²) in [6.45, 7) is 25.0. The molecule has 0 N–H and O–H groups in total. The minimum Gasteiger partial charge on any atom is -0.328 e. The first-order valence-corrected chi connectivity index (χ1v) is 17.5.